The van der Waals surface area contributed by atoms with E-state index < -0.39 is 5.66 Å². The zero-order valence-electron chi connectivity index (χ0n) is 15.8. The van der Waals surface area contributed by atoms with Gasteiger partial charge in [0, 0.05) is 22.5 Å². The van der Waals surface area contributed by atoms with Crippen molar-refractivity contribution in [1.82, 2.24) is 4.90 Å². The van der Waals surface area contributed by atoms with E-state index in [-0.39, 0.29) is 18.4 Å². The van der Waals surface area contributed by atoms with Gasteiger partial charge in [0.1, 0.15) is 5.75 Å². The van der Waals surface area contributed by atoms with Crippen LogP contribution in [0, 0.1) is 0 Å². The van der Waals surface area contributed by atoms with Crippen molar-refractivity contribution in [3.05, 3.63) is 89.5 Å². The van der Waals surface area contributed by atoms with Crippen molar-refractivity contribution >= 4 is 23.2 Å². The lowest BCUT2D eigenvalue weighted by Crippen LogP contribution is -2.60. The number of anilines is 2. The average molecular weight is 385 g/mol. The van der Waals surface area contributed by atoms with Gasteiger partial charge in [0.15, 0.2) is 0 Å². The minimum absolute atomic E-state index is 0.211. The largest absolute Gasteiger partial charge is 0.496 e. The minimum atomic E-state index is -1.33. The maximum atomic E-state index is 13.6. The van der Waals surface area contributed by atoms with E-state index in [0.717, 1.165) is 11.1 Å². The van der Waals surface area contributed by atoms with Gasteiger partial charge in [0.25, 0.3) is 11.8 Å². The molecule has 144 valence electrons. The maximum absolute atomic E-state index is 13.6. The van der Waals surface area contributed by atoms with Crippen LogP contribution in [0.25, 0.3) is 0 Å². The molecule has 1 spiro atoms. The minimum Gasteiger partial charge on any atom is -0.496 e. The molecule has 3 aromatic rings. The van der Waals surface area contributed by atoms with Gasteiger partial charge < -0.3 is 15.4 Å². The molecule has 0 radical (unpaired) electrons. The van der Waals surface area contributed by atoms with Crippen LogP contribution < -0.4 is 15.4 Å². The smallest absolute Gasteiger partial charge is 0.276 e. The van der Waals surface area contributed by atoms with Crippen molar-refractivity contribution in [3.8, 4) is 5.75 Å². The third-order valence-corrected chi connectivity index (χ3v) is 5.54. The number of methoxy groups -OCH3 is 1. The van der Waals surface area contributed by atoms with Gasteiger partial charge in [-0.3, -0.25) is 14.5 Å². The monoisotopic (exact) mass is 385 g/mol. The normalized spacial score (nSPS) is 19.4. The van der Waals surface area contributed by atoms with E-state index >= 15 is 0 Å². The molecule has 1 atom stereocenters. The van der Waals surface area contributed by atoms with Crippen molar-refractivity contribution in [2.75, 3.05) is 17.7 Å². The van der Waals surface area contributed by atoms with Crippen LogP contribution in [0.5, 0.6) is 5.75 Å². The Balaban J connectivity index is 1.72. The van der Waals surface area contributed by atoms with Crippen molar-refractivity contribution < 1.29 is 14.3 Å². The number of rotatable bonds is 3. The summed E-state index contributed by atoms with van der Waals surface area (Å²) in [5, 5.41) is 6.30. The number of carbonyl (C=O) groups excluding carboxylic acids is 2. The second-order valence-electron chi connectivity index (χ2n) is 7.08. The number of para-hydroxylation sites is 3. The van der Waals surface area contributed by atoms with Gasteiger partial charge in [-0.05, 0) is 24.3 Å². The number of nitrogens with zero attached hydrogens (tertiary/aromatic N) is 1. The summed E-state index contributed by atoms with van der Waals surface area (Å²) in [4.78, 5) is 28.5. The van der Waals surface area contributed by atoms with Gasteiger partial charge in [-0.1, -0.05) is 48.5 Å². The second-order valence-corrected chi connectivity index (χ2v) is 7.08. The summed E-state index contributed by atoms with van der Waals surface area (Å²) >= 11 is 0. The zero-order chi connectivity index (χ0) is 20.0. The highest BCUT2D eigenvalue weighted by molar-refractivity contribution is 6.14. The molecule has 3 aromatic carbocycles. The topological polar surface area (TPSA) is 70.7 Å². The van der Waals surface area contributed by atoms with Crippen molar-refractivity contribution in [3.63, 3.8) is 0 Å². The van der Waals surface area contributed by atoms with E-state index in [0.29, 0.717) is 22.7 Å². The molecule has 0 fully saturated rings. The Bertz CT molecular complexity index is 1140. The van der Waals surface area contributed by atoms with Crippen LogP contribution >= 0.6 is 0 Å². The molecule has 0 saturated heterocycles. The van der Waals surface area contributed by atoms with Crippen molar-refractivity contribution in [2.45, 2.75) is 12.2 Å². The molecule has 2 heterocycles. The van der Waals surface area contributed by atoms with Crippen LogP contribution in [0.2, 0.25) is 0 Å². The number of hydrogen-bond acceptors (Lipinski definition) is 4. The number of ether oxygens (including phenoxy) is 1. The first-order chi connectivity index (χ1) is 14.1. The standard InChI is InChI=1S/C23H19N3O3/c1-29-20-13-7-2-8-15(20)14-26-21(27)16-9-3-5-11-18(16)25-23(26)17-10-4-6-12-19(17)24-22(23)28/h2-13,25H,14H2,1H3,(H,24,28)/t23-/m1/s1. The van der Waals surface area contributed by atoms with Gasteiger partial charge in [-0.2, -0.15) is 0 Å². The van der Waals surface area contributed by atoms with Gasteiger partial charge in [0.05, 0.1) is 19.2 Å². The Morgan fingerprint density at radius 3 is 2.41 bits per heavy atom. The Labute approximate surface area is 168 Å². The van der Waals surface area contributed by atoms with Crippen LogP contribution in [0.4, 0.5) is 11.4 Å². The molecule has 6 heteroatoms. The molecule has 0 bridgehead atoms. The molecule has 0 unspecified atom stereocenters. The quantitative estimate of drug-likeness (QED) is 0.723. The van der Waals surface area contributed by atoms with E-state index in [1.165, 1.54) is 0 Å². The van der Waals surface area contributed by atoms with Crippen LogP contribution in [0.15, 0.2) is 72.8 Å². The van der Waals surface area contributed by atoms with Gasteiger partial charge in [0.2, 0.25) is 5.66 Å². The molecule has 5 rings (SSSR count). The first kappa shape index (κ1) is 17.3. The second kappa shape index (κ2) is 6.38. The fourth-order valence-electron chi connectivity index (χ4n) is 4.17. The molecule has 0 aromatic heterocycles. The number of fused-ring (bicyclic) bond motifs is 3. The van der Waals surface area contributed by atoms with Crippen molar-refractivity contribution in [2.24, 2.45) is 0 Å². The Morgan fingerprint density at radius 1 is 0.897 bits per heavy atom. The summed E-state index contributed by atoms with van der Waals surface area (Å²) in [5.41, 5.74) is 2.08. The van der Waals surface area contributed by atoms with Crippen molar-refractivity contribution in [1.29, 1.82) is 0 Å². The summed E-state index contributed by atoms with van der Waals surface area (Å²) in [6, 6.07) is 22.2. The summed E-state index contributed by atoms with van der Waals surface area (Å²) < 4.78 is 5.48. The van der Waals surface area contributed by atoms with Crippen LogP contribution in [-0.4, -0.2) is 23.8 Å². The van der Waals surface area contributed by atoms with Gasteiger partial charge >= 0.3 is 0 Å². The fourth-order valence-corrected chi connectivity index (χ4v) is 4.17. The molecule has 2 aliphatic rings. The Hall–Kier alpha value is -3.80. The van der Waals surface area contributed by atoms with Gasteiger partial charge in [-0.25, -0.2) is 0 Å². The molecule has 2 aliphatic heterocycles. The maximum Gasteiger partial charge on any atom is 0.276 e. The lowest BCUT2D eigenvalue weighted by atomic mass is 9.92. The molecule has 0 aliphatic carbocycles. The number of amides is 2. The summed E-state index contributed by atoms with van der Waals surface area (Å²) in [6.07, 6.45) is 0. The zero-order valence-corrected chi connectivity index (χ0v) is 15.8. The summed E-state index contributed by atoms with van der Waals surface area (Å²) in [5.74, 6) is 0.176. The third kappa shape index (κ3) is 2.42. The van der Waals surface area contributed by atoms with Crippen LogP contribution in [0.1, 0.15) is 21.5 Å². The van der Waals surface area contributed by atoms with E-state index in [1.807, 2.05) is 66.7 Å². The SMILES string of the molecule is COc1ccccc1CN1C(=O)c2ccccc2N[C@@]12C(=O)Nc1ccccc12. The highest BCUT2D eigenvalue weighted by Crippen LogP contribution is 2.46. The highest BCUT2D eigenvalue weighted by Gasteiger charge is 2.56. The van der Waals surface area contributed by atoms with Crippen LogP contribution in [0.3, 0.4) is 0 Å². The fraction of sp³-hybridized carbons (Fsp3) is 0.130. The number of carbonyl (C=O) groups is 2. The average Bonchev–Trinajstić information content (AvgIpc) is 3.03. The molecular formula is C23H19N3O3. The van der Waals surface area contributed by atoms with E-state index in [4.69, 9.17) is 4.74 Å². The van der Waals surface area contributed by atoms with E-state index in [1.54, 1.807) is 18.1 Å². The lowest BCUT2D eigenvalue weighted by Gasteiger charge is -2.44. The predicted molar refractivity (Wildman–Crippen MR) is 110 cm³/mol. The Kier molecular flexibility index (Phi) is 3.81. The molecular weight excluding hydrogens is 366 g/mol. The van der Waals surface area contributed by atoms with Crippen LogP contribution in [-0.2, 0) is 17.0 Å². The molecule has 0 saturated carbocycles. The molecule has 6 nitrogen and oxygen atoms in total. The number of benzene rings is 3. The highest BCUT2D eigenvalue weighted by atomic mass is 16.5. The molecule has 29 heavy (non-hydrogen) atoms. The third-order valence-electron chi connectivity index (χ3n) is 5.54. The lowest BCUT2D eigenvalue weighted by molar-refractivity contribution is -0.125. The van der Waals surface area contributed by atoms with E-state index in [2.05, 4.69) is 10.6 Å². The first-order valence-electron chi connectivity index (χ1n) is 9.37. The summed E-state index contributed by atoms with van der Waals surface area (Å²) in [6.45, 7) is 0.214. The van der Waals surface area contributed by atoms with E-state index in [9.17, 15) is 9.59 Å². The number of hydrogen-bond donors (Lipinski definition) is 2. The summed E-state index contributed by atoms with van der Waals surface area (Å²) in [7, 11) is 1.59. The molecule has 2 amide bonds. The number of nitrogens with one attached hydrogen (secondary N) is 2. The Morgan fingerprint density at radius 2 is 1.59 bits per heavy atom. The first-order valence-corrected chi connectivity index (χ1v) is 9.37. The van der Waals surface area contributed by atoms with Gasteiger partial charge in [-0.15, -0.1) is 0 Å². The predicted octanol–water partition coefficient (Wildman–Crippen LogP) is 3.57. The molecule has 2 N–H and O–H groups in total.